The van der Waals surface area contributed by atoms with Crippen molar-refractivity contribution in [3.05, 3.63) is 35.4 Å². The molecule has 1 saturated carbocycles. The van der Waals surface area contributed by atoms with E-state index in [0.717, 1.165) is 18.4 Å². The maximum absolute atomic E-state index is 11.5. The Balaban J connectivity index is 2.20. The lowest BCUT2D eigenvalue weighted by atomic mass is 9.62. The van der Waals surface area contributed by atoms with Crippen molar-refractivity contribution in [2.45, 2.75) is 51.5 Å². The van der Waals surface area contributed by atoms with Crippen LogP contribution in [0.25, 0.3) is 0 Å². The van der Waals surface area contributed by atoms with E-state index in [1.165, 1.54) is 5.56 Å². The number of aliphatic carboxylic acids is 1. The van der Waals surface area contributed by atoms with Crippen molar-refractivity contribution in [1.82, 2.24) is 0 Å². The van der Waals surface area contributed by atoms with Gasteiger partial charge in [-0.1, -0.05) is 44.5 Å². The molecule has 1 aromatic rings. The van der Waals surface area contributed by atoms with E-state index >= 15 is 0 Å². The van der Waals surface area contributed by atoms with Crippen molar-refractivity contribution in [3.63, 3.8) is 0 Å². The molecule has 2 rings (SSSR count). The smallest absolute Gasteiger partial charge is 0.311 e. The van der Waals surface area contributed by atoms with Gasteiger partial charge in [0.05, 0.1) is 5.41 Å². The summed E-state index contributed by atoms with van der Waals surface area (Å²) >= 11 is 0. The summed E-state index contributed by atoms with van der Waals surface area (Å²) < 4.78 is 0. The lowest BCUT2D eigenvalue weighted by Gasteiger charge is -2.42. The van der Waals surface area contributed by atoms with Gasteiger partial charge in [-0.2, -0.15) is 0 Å². The molecule has 0 saturated heterocycles. The van der Waals surface area contributed by atoms with Crippen LogP contribution in [-0.2, 0) is 4.79 Å². The molecule has 0 radical (unpaired) electrons. The van der Waals surface area contributed by atoms with Crippen LogP contribution in [0.2, 0.25) is 0 Å². The summed E-state index contributed by atoms with van der Waals surface area (Å²) in [5.74, 6) is -0.223. The maximum Gasteiger partial charge on any atom is 0.311 e. The molecule has 3 heteroatoms. The van der Waals surface area contributed by atoms with Crippen LogP contribution in [0.15, 0.2) is 24.3 Å². The summed E-state index contributed by atoms with van der Waals surface area (Å²) in [6, 6.07) is 7.75. The van der Waals surface area contributed by atoms with Gasteiger partial charge >= 0.3 is 5.97 Å². The molecule has 3 nitrogen and oxygen atoms in total. The molecule has 0 aliphatic heterocycles. The van der Waals surface area contributed by atoms with Gasteiger partial charge in [0.15, 0.2) is 0 Å². The molecule has 104 valence electrons. The number of hydrogen-bond acceptors (Lipinski definition) is 2. The Morgan fingerprint density at radius 1 is 1.32 bits per heavy atom. The number of benzene rings is 1. The molecule has 0 aromatic heterocycles. The minimum atomic E-state index is -0.753. The first-order valence-corrected chi connectivity index (χ1v) is 7.10. The topological polar surface area (TPSA) is 63.3 Å². The van der Waals surface area contributed by atoms with Crippen LogP contribution in [0.1, 0.15) is 62.6 Å². The van der Waals surface area contributed by atoms with Crippen molar-refractivity contribution in [1.29, 1.82) is 0 Å². The Morgan fingerprint density at radius 2 is 1.84 bits per heavy atom. The average molecular weight is 261 g/mol. The molecule has 2 atom stereocenters. The average Bonchev–Trinajstić information content (AvgIpc) is 2.36. The fraction of sp³-hybridized carbons (Fsp3) is 0.562. The molecule has 3 N–H and O–H groups in total. The zero-order chi connectivity index (χ0) is 14.0. The predicted octanol–water partition coefficient (Wildman–Crippen LogP) is 3.45. The summed E-state index contributed by atoms with van der Waals surface area (Å²) in [4.78, 5) is 11.5. The van der Waals surface area contributed by atoms with Crippen LogP contribution in [0.3, 0.4) is 0 Å². The third-order valence-corrected chi connectivity index (χ3v) is 4.74. The van der Waals surface area contributed by atoms with E-state index < -0.39 is 17.4 Å². The van der Waals surface area contributed by atoms with Crippen molar-refractivity contribution < 1.29 is 9.90 Å². The Bertz CT molecular complexity index is 448. The zero-order valence-electron chi connectivity index (χ0n) is 11.7. The number of carboxylic acids is 1. The largest absolute Gasteiger partial charge is 0.481 e. The maximum atomic E-state index is 11.5. The van der Waals surface area contributed by atoms with Crippen molar-refractivity contribution in [2.24, 2.45) is 11.1 Å². The second-order valence-electron chi connectivity index (χ2n) is 5.77. The molecular weight excluding hydrogens is 238 g/mol. The van der Waals surface area contributed by atoms with Crippen LogP contribution >= 0.6 is 0 Å². The highest BCUT2D eigenvalue weighted by Gasteiger charge is 2.49. The summed E-state index contributed by atoms with van der Waals surface area (Å²) in [5.41, 5.74) is 7.70. The third kappa shape index (κ3) is 2.39. The van der Waals surface area contributed by atoms with Crippen LogP contribution in [0.5, 0.6) is 0 Å². The molecule has 0 heterocycles. The van der Waals surface area contributed by atoms with E-state index in [4.69, 9.17) is 5.73 Å². The fourth-order valence-corrected chi connectivity index (χ4v) is 2.80. The molecule has 0 bridgehead atoms. The predicted molar refractivity (Wildman–Crippen MR) is 76.0 cm³/mol. The Labute approximate surface area is 114 Å². The van der Waals surface area contributed by atoms with Crippen LogP contribution in [0.4, 0.5) is 0 Å². The number of carboxylic acid groups (broad SMARTS) is 1. The van der Waals surface area contributed by atoms with E-state index in [2.05, 4.69) is 26.0 Å². The molecule has 2 unspecified atom stereocenters. The monoisotopic (exact) mass is 261 g/mol. The number of hydrogen-bond donors (Lipinski definition) is 2. The number of carbonyl (C=O) groups is 1. The second-order valence-corrected chi connectivity index (χ2v) is 5.77. The lowest BCUT2D eigenvalue weighted by molar-refractivity contribution is -0.156. The minimum absolute atomic E-state index is 0.398. The highest BCUT2D eigenvalue weighted by molar-refractivity contribution is 5.77. The summed E-state index contributed by atoms with van der Waals surface area (Å²) in [5, 5.41) is 9.42. The van der Waals surface area contributed by atoms with Crippen LogP contribution in [-0.4, -0.2) is 11.1 Å². The van der Waals surface area contributed by atoms with E-state index in [0.29, 0.717) is 18.8 Å². The van der Waals surface area contributed by atoms with Gasteiger partial charge in [-0.05, 0) is 36.3 Å². The Morgan fingerprint density at radius 3 is 2.21 bits per heavy atom. The molecular formula is C16H23NO2. The highest BCUT2D eigenvalue weighted by Crippen LogP contribution is 2.49. The number of nitrogens with two attached hydrogens (primary N) is 1. The van der Waals surface area contributed by atoms with E-state index in [-0.39, 0.29) is 0 Å². The van der Waals surface area contributed by atoms with Gasteiger partial charge in [0.25, 0.3) is 0 Å². The molecule has 19 heavy (non-hydrogen) atoms. The van der Waals surface area contributed by atoms with Gasteiger partial charge in [-0.25, -0.2) is 0 Å². The first-order valence-electron chi connectivity index (χ1n) is 7.10. The summed E-state index contributed by atoms with van der Waals surface area (Å²) in [7, 11) is 0. The normalized spacial score (nSPS) is 20.4. The molecule has 1 aromatic carbocycles. The van der Waals surface area contributed by atoms with Crippen molar-refractivity contribution in [2.75, 3.05) is 0 Å². The van der Waals surface area contributed by atoms with E-state index in [9.17, 15) is 9.90 Å². The van der Waals surface area contributed by atoms with Gasteiger partial charge in [-0.3, -0.25) is 4.79 Å². The van der Waals surface area contributed by atoms with Crippen molar-refractivity contribution in [3.8, 4) is 0 Å². The standard InChI is InChI=1S/C16H23NO2/c1-3-11(2)12-5-7-13(8-6-12)14(17)16(15(18)19)9-4-10-16/h5-8,11,14H,3-4,9-10,17H2,1-2H3,(H,18,19). The minimum Gasteiger partial charge on any atom is -0.481 e. The van der Waals surface area contributed by atoms with Crippen LogP contribution in [0, 0.1) is 5.41 Å². The summed E-state index contributed by atoms with van der Waals surface area (Å²) in [6.07, 6.45) is 3.45. The van der Waals surface area contributed by atoms with Gasteiger partial charge < -0.3 is 10.8 Å². The van der Waals surface area contributed by atoms with Gasteiger partial charge in [0.2, 0.25) is 0 Å². The van der Waals surface area contributed by atoms with Gasteiger partial charge in [0, 0.05) is 6.04 Å². The SMILES string of the molecule is CCC(C)c1ccc(C(N)C2(C(=O)O)CCC2)cc1. The quantitative estimate of drug-likeness (QED) is 0.853. The highest BCUT2D eigenvalue weighted by atomic mass is 16.4. The third-order valence-electron chi connectivity index (χ3n) is 4.74. The van der Waals surface area contributed by atoms with E-state index in [1.807, 2.05) is 12.1 Å². The Hall–Kier alpha value is -1.35. The molecule has 1 aliphatic rings. The van der Waals surface area contributed by atoms with Crippen LogP contribution < -0.4 is 5.73 Å². The van der Waals surface area contributed by atoms with Gasteiger partial charge in [0.1, 0.15) is 0 Å². The van der Waals surface area contributed by atoms with Gasteiger partial charge in [-0.15, -0.1) is 0 Å². The summed E-state index contributed by atoms with van der Waals surface area (Å²) in [6.45, 7) is 4.36. The molecule has 1 fully saturated rings. The first-order chi connectivity index (χ1) is 9.01. The van der Waals surface area contributed by atoms with Crippen molar-refractivity contribution >= 4 is 5.97 Å². The fourth-order valence-electron chi connectivity index (χ4n) is 2.80. The second kappa shape index (κ2) is 5.33. The van der Waals surface area contributed by atoms with E-state index in [1.54, 1.807) is 0 Å². The zero-order valence-corrected chi connectivity index (χ0v) is 11.7. The number of rotatable bonds is 5. The molecule has 1 aliphatic carbocycles. The lowest BCUT2D eigenvalue weighted by Crippen LogP contribution is -2.46. The Kier molecular flexibility index (Phi) is 3.95. The molecule has 0 spiro atoms. The molecule has 0 amide bonds. The first kappa shape index (κ1) is 14.1.